The lowest BCUT2D eigenvalue weighted by atomic mass is 10.0. The smallest absolute Gasteiger partial charge is 0.272 e. The molecule has 2 aromatic rings. The van der Waals surface area contributed by atoms with Crippen molar-refractivity contribution in [3.8, 4) is 0 Å². The Morgan fingerprint density at radius 2 is 2.20 bits per heavy atom. The van der Waals surface area contributed by atoms with E-state index in [1.54, 1.807) is 16.9 Å². The number of carboxylic acid groups (broad SMARTS) is 1. The fraction of sp³-hybridized carbons (Fsp3) is 0.412. The molecule has 0 bridgehead atoms. The molecule has 0 aromatic carbocycles. The number of aryl methyl sites for hydroxylation is 2. The van der Waals surface area contributed by atoms with Crippen molar-refractivity contribution in [2.75, 3.05) is 11.5 Å². The standard InChI is InChI=1S/C17H18N6O4S3/c1-3-22-5-4-10(21-22)13(24)18-11-14(25)23-12(16(26)27)9(6-28-15(11)23)7-29-17-20-19-8(2)30-17/h4-5,11,15H,3,6-7H2,1-2H3,(H,18,24)(H,26,27)/p-1. The molecule has 13 heteroatoms. The maximum atomic E-state index is 12.7. The average molecular weight is 466 g/mol. The summed E-state index contributed by atoms with van der Waals surface area (Å²) >= 11 is 4.21. The third-order valence-corrected chi connectivity index (χ3v) is 8.00. The van der Waals surface area contributed by atoms with Crippen LogP contribution in [0.5, 0.6) is 0 Å². The zero-order valence-electron chi connectivity index (χ0n) is 16.0. The fourth-order valence-corrected chi connectivity index (χ4v) is 6.44. The second-order valence-electron chi connectivity index (χ2n) is 6.53. The van der Waals surface area contributed by atoms with E-state index in [0.29, 0.717) is 23.6 Å². The van der Waals surface area contributed by atoms with Crippen LogP contribution >= 0.6 is 34.9 Å². The van der Waals surface area contributed by atoms with E-state index in [2.05, 4.69) is 20.6 Å². The van der Waals surface area contributed by atoms with Crippen molar-refractivity contribution in [3.05, 3.63) is 34.2 Å². The number of aromatic nitrogens is 4. The third-order valence-electron chi connectivity index (χ3n) is 4.60. The summed E-state index contributed by atoms with van der Waals surface area (Å²) in [5.41, 5.74) is 0.691. The molecule has 1 fully saturated rings. The first-order valence-corrected chi connectivity index (χ1v) is 11.9. The van der Waals surface area contributed by atoms with Crippen LogP contribution in [-0.2, 0) is 16.1 Å². The van der Waals surface area contributed by atoms with Crippen LogP contribution in [0.25, 0.3) is 0 Å². The van der Waals surface area contributed by atoms with Crippen molar-refractivity contribution in [2.24, 2.45) is 0 Å². The highest BCUT2D eigenvalue weighted by atomic mass is 32.2. The van der Waals surface area contributed by atoms with Crippen molar-refractivity contribution in [1.29, 1.82) is 0 Å². The minimum absolute atomic E-state index is 0.113. The molecule has 158 valence electrons. The van der Waals surface area contributed by atoms with Gasteiger partial charge in [0.15, 0.2) is 4.34 Å². The Bertz CT molecular complexity index is 1050. The summed E-state index contributed by atoms with van der Waals surface area (Å²) in [6.45, 7) is 4.37. The molecule has 0 spiro atoms. The number of carbonyl (C=O) groups excluding carboxylic acids is 3. The van der Waals surface area contributed by atoms with Crippen molar-refractivity contribution >= 4 is 52.6 Å². The van der Waals surface area contributed by atoms with Gasteiger partial charge < -0.3 is 15.2 Å². The van der Waals surface area contributed by atoms with Gasteiger partial charge in [-0.05, 0) is 25.5 Å². The monoisotopic (exact) mass is 465 g/mol. The second-order valence-corrected chi connectivity index (χ2v) is 10.0. The molecular weight excluding hydrogens is 448 g/mol. The Kier molecular flexibility index (Phi) is 5.84. The topological polar surface area (TPSA) is 133 Å². The highest BCUT2D eigenvalue weighted by molar-refractivity contribution is 8.01. The largest absolute Gasteiger partial charge is 0.543 e. The number of hydrogen-bond acceptors (Lipinski definition) is 10. The van der Waals surface area contributed by atoms with Crippen molar-refractivity contribution in [1.82, 2.24) is 30.2 Å². The number of carbonyl (C=O) groups is 3. The number of hydrogen-bond donors (Lipinski definition) is 1. The second kappa shape index (κ2) is 8.40. The highest BCUT2D eigenvalue weighted by Gasteiger charge is 2.52. The summed E-state index contributed by atoms with van der Waals surface area (Å²) in [5, 5.41) is 26.9. The van der Waals surface area contributed by atoms with Gasteiger partial charge in [0.1, 0.15) is 22.1 Å². The number of carboxylic acids is 1. The molecule has 1 N–H and O–H groups in total. The predicted octanol–water partition coefficient (Wildman–Crippen LogP) is -0.127. The Hall–Kier alpha value is -2.38. The lowest BCUT2D eigenvalue weighted by molar-refractivity contribution is -0.301. The van der Waals surface area contributed by atoms with Gasteiger partial charge >= 0.3 is 0 Å². The maximum Gasteiger partial charge on any atom is 0.272 e. The maximum absolute atomic E-state index is 12.7. The number of nitrogens with zero attached hydrogens (tertiary/aromatic N) is 5. The summed E-state index contributed by atoms with van der Waals surface area (Å²) < 4.78 is 2.34. The number of β-lactam (4-membered cyclic amide) rings is 1. The lowest BCUT2D eigenvalue weighted by Gasteiger charge is -2.50. The molecule has 4 rings (SSSR count). The molecule has 0 saturated carbocycles. The van der Waals surface area contributed by atoms with Gasteiger partial charge in [-0.2, -0.15) is 5.10 Å². The molecule has 2 aromatic heterocycles. The van der Waals surface area contributed by atoms with Gasteiger partial charge in [-0.1, -0.05) is 23.1 Å². The average Bonchev–Trinajstić information content (AvgIpc) is 3.38. The Balaban J connectivity index is 1.47. The molecule has 2 amide bonds. The van der Waals surface area contributed by atoms with Gasteiger partial charge in [0.2, 0.25) is 0 Å². The molecule has 1 saturated heterocycles. The first-order valence-electron chi connectivity index (χ1n) is 9.04. The van der Waals surface area contributed by atoms with Crippen molar-refractivity contribution in [3.63, 3.8) is 0 Å². The minimum atomic E-state index is -1.40. The Morgan fingerprint density at radius 1 is 1.40 bits per heavy atom. The van der Waals surface area contributed by atoms with Gasteiger partial charge in [-0.25, -0.2) is 0 Å². The van der Waals surface area contributed by atoms with E-state index in [4.69, 9.17) is 0 Å². The van der Waals surface area contributed by atoms with Crippen LogP contribution in [0.4, 0.5) is 0 Å². The molecule has 10 nitrogen and oxygen atoms in total. The summed E-state index contributed by atoms with van der Waals surface area (Å²) in [6.07, 6.45) is 1.68. The molecule has 2 aliphatic rings. The Morgan fingerprint density at radius 3 is 2.83 bits per heavy atom. The summed E-state index contributed by atoms with van der Waals surface area (Å²) in [5.74, 6) is -1.55. The first kappa shape index (κ1) is 20.9. The number of aliphatic carboxylic acids is 1. The number of thioether (sulfide) groups is 2. The van der Waals surface area contributed by atoms with Crippen molar-refractivity contribution in [2.45, 2.75) is 36.1 Å². The zero-order valence-corrected chi connectivity index (χ0v) is 18.5. The third kappa shape index (κ3) is 3.84. The van der Waals surface area contributed by atoms with Crippen LogP contribution in [0.2, 0.25) is 0 Å². The van der Waals surface area contributed by atoms with E-state index in [1.807, 2.05) is 13.8 Å². The molecule has 2 unspecified atom stereocenters. The molecule has 2 aliphatic heterocycles. The number of amides is 2. The van der Waals surface area contributed by atoms with Gasteiger partial charge in [0.25, 0.3) is 11.8 Å². The van der Waals surface area contributed by atoms with Gasteiger partial charge in [0.05, 0.1) is 11.7 Å². The van der Waals surface area contributed by atoms with Crippen LogP contribution in [0.15, 0.2) is 27.9 Å². The summed E-state index contributed by atoms with van der Waals surface area (Å²) in [4.78, 5) is 38.1. The zero-order chi connectivity index (χ0) is 21.4. The number of rotatable bonds is 7. The number of nitrogens with one attached hydrogen (secondary N) is 1. The van der Waals surface area contributed by atoms with Gasteiger partial charge in [-0.3, -0.25) is 19.2 Å². The molecule has 30 heavy (non-hydrogen) atoms. The molecule has 2 atom stereocenters. The van der Waals surface area contributed by atoms with E-state index in [0.717, 1.165) is 9.35 Å². The SMILES string of the molecule is CCn1ccc(C(=O)NC2C(=O)N3C(C(=O)[O-])=C(CSc4nnc(C)s4)CSC23)n1. The normalized spacial score (nSPS) is 20.7. The molecule has 0 radical (unpaired) electrons. The van der Waals surface area contributed by atoms with Crippen LogP contribution in [-0.4, -0.2) is 65.6 Å². The molecule has 4 heterocycles. The Labute approximate surface area is 184 Å². The predicted molar refractivity (Wildman–Crippen MR) is 110 cm³/mol. The lowest BCUT2D eigenvalue weighted by Crippen LogP contribution is -2.71. The summed E-state index contributed by atoms with van der Waals surface area (Å²) in [6, 6.07) is 0.772. The molecular formula is C17H17N6O4S3-. The summed E-state index contributed by atoms with van der Waals surface area (Å²) in [7, 11) is 0. The van der Waals surface area contributed by atoms with Crippen LogP contribution in [0.3, 0.4) is 0 Å². The fourth-order valence-electron chi connectivity index (χ4n) is 3.14. The quantitative estimate of drug-likeness (QED) is 0.438. The van der Waals surface area contributed by atoms with E-state index < -0.39 is 29.2 Å². The van der Waals surface area contributed by atoms with E-state index >= 15 is 0 Å². The van der Waals surface area contributed by atoms with E-state index in [-0.39, 0.29) is 11.4 Å². The van der Waals surface area contributed by atoms with Gasteiger partial charge in [0, 0.05) is 24.2 Å². The van der Waals surface area contributed by atoms with E-state index in [1.165, 1.54) is 39.8 Å². The van der Waals surface area contributed by atoms with Crippen LogP contribution < -0.4 is 10.4 Å². The first-order chi connectivity index (χ1) is 14.4. The highest BCUT2D eigenvalue weighted by Crippen LogP contribution is 2.41. The molecule has 0 aliphatic carbocycles. The van der Waals surface area contributed by atoms with Crippen molar-refractivity contribution < 1.29 is 19.5 Å². The minimum Gasteiger partial charge on any atom is -0.543 e. The van der Waals surface area contributed by atoms with Crippen LogP contribution in [0, 0.1) is 6.92 Å². The van der Waals surface area contributed by atoms with E-state index in [9.17, 15) is 19.5 Å². The van der Waals surface area contributed by atoms with Gasteiger partial charge in [-0.15, -0.1) is 22.0 Å². The van der Waals surface area contributed by atoms with Crippen LogP contribution in [0.1, 0.15) is 22.4 Å². The number of fused-ring (bicyclic) bond motifs is 1.